The molecule has 7 heteroatoms. The number of ether oxygens (including phenoxy) is 1. The Kier molecular flexibility index (Phi) is 5.94. The Hall–Kier alpha value is -2.93. The standard InChI is InChI=1S/C21H25N3O4/c1-4-17-12-28-21(27)24(17)18-8-15(19-6-5-13(2)10-22-19)7-16(9-18)20(26)23-11-14(3)25/h5-10,14,17,25H,4,11-12H2,1-3H3,(H,23,26). The van der Waals surface area contributed by atoms with Gasteiger partial charge in [0.05, 0.1) is 17.8 Å². The van der Waals surface area contributed by atoms with Crippen LogP contribution in [-0.2, 0) is 4.74 Å². The summed E-state index contributed by atoms with van der Waals surface area (Å²) in [6.07, 6.45) is 1.43. The lowest BCUT2D eigenvalue weighted by Crippen LogP contribution is -2.34. The molecule has 1 aromatic carbocycles. The Morgan fingerprint density at radius 2 is 2.18 bits per heavy atom. The summed E-state index contributed by atoms with van der Waals surface area (Å²) in [6.45, 7) is 6.01. The average molecular weight is 383 g/mol. The number of nitrogens with one attached hydrogen (secondary N) is 1. The summed E-state index contributed by atoms with van der Waals surface area (Å²) in [7, 11) is 0. The van der Waals surface area contributed by atoms with E-state index in [2.05, 4.69) is 10.3 Å². The van der Waals surface area contributed by atoms with Crippen molar-refractivity contribution < 1.29 is 19.4 Å². The van der Waals surface area contributed by atoms with Crippen LogP contribution in [0.2, 0.25) is 0 Å². The van der Waals surface area contributed by atoms with E-state index in [0.717, 1.165) is 17.5 Å². The Morgan fingerprint density at radius 3 is 2.82 bits per heavy atom. The molecule has 2 aromatic rings. The van der Waals surface area contributed by atoms with Crippen molar-refractivity contribution >= 4 is 17.7 Å². The zero-order chi connectivity index (χ0) is 20.3. The van der Waals surface area contributed by atoms with Gasteiger partial charge in [0.15, 0.2) is 0 Å². The Bertz CT molecular complexity index is 864. The molecule has 2 atom stereocenters. The van der Waals surface area contributed by atoms with Crippen LogP contribution in [0.4, 0.5) is 10.5 Å². The van der Waals surface area contributed by atoms with Crippen LogP contribution in [0.25, 0.3) is 11.3 Å². The molecule has 0 bridgehead atoms. The number of aliphatic hydroxyl groups is 1. The smallest absolute Gasteiger partial charge is 0.414 e. The molecule has 148 valence electrons. The second kappa shape index (κ2) is 8.39. The lowest BCUT2D eigenvalue weighted by molar-refractivity contribution is 0.0924. The summed E-state index contributed by atoms with van der Waals surface area (Å²) < 4.78 is 5.20. The number of hydrogen-bond acceptors (Lipinski definition) is 5. The van der Waals surface area contributed by atoms with Gasteiger partial charge in [-0.2, -0.15) is 0 Å². The van der Waals surface area contributed by atoms with E-state index in [1.165, 1.54) is 0 Å². The third kappa shape index (κ3) is 4.31. The van der Waals surface area contributed by atoms with Gasteiger partial charge in [-0.3, -0.25) is 14.7 Å². The molecule has 3 rings (SSSR count). The maximum absolute atomic E-state index is 12.6. The fourth-order valence-electron chi connectivity index (χ4n) is 3.09. The second-order valence-electron chi connectivity index (χ2n) is 7.06. The summed E-state index contributed by atoms with van der Waals surface area (Å²) in [6, 6.07) is 9.00. The number of benzene rings is 1. The normalized spacial score (nSPS) is 17.4. The number of hydrogen-bond donors (Lipinski definition) is 2. The zero-order valence-corrected chi connectivity index (χ0v) is 16.3. The van der Waals surface area contributed by atoms with Gasteiger partial charge in [-0.05, 0) is 50.1 Å². The van der Waals surface area contributed by atoms with Crippen LogP contribution in [0.1, 0.15) is 36.2 Å². The van der Waals surface area contributed by atoms with Gasteiger partial charge in [0.2, 0.25) is 0 Å². The number of pyridine rings is 1. The molecule has 2 N–H and O–H groups in total. The number of carbonyl (C=O) groups excluding carboxylic acids is 2. The Labute approximate surface area is 164 Å². The van der Waals surface area contributed by atoms with Crippen molar-refractivity contribution in [2.45, 2.75) is 39.3 Å². The summed E-state index contributed by atoms with van der Waals surface area (Å²) in [5, 5.41) is 12.1. The van der Waals surface area contributed by atoms with Crippen LogP contribution in [0.3, 0.4) is 0 Å². The number of amides is 2. The molecular formula is C21H25N3O4. The minimum absolute atomic E-state index is 0.0814. The molecule has 2 unspecified atom stereocenters. The van der Waals surface area contributed by atoms with Gasteiger partial charge in [-0.1, -0.05) is 13.0 Å². The number of aromatic nitrogens is 1. The van der Waals surface area contributed by atoms with E-state index in [-0.39, 0.29) is 18.5 Å². The fourth-order valence-corrected chi connectivity index (χ4v) is 3.09. The molecule has 1 aliphatic heterocycles. The first-order valence-electron chi connectivity index (χ1n) is 9.39. The quantitative estimate of drug-likeness (QED) is 0.800. The van der Waals surface area contributed by atoms with E-state index >= 15 is 0 Å². The van der Waals surface area contributed by atoms with Crippen LogP contribution < -0.4 is 10.2 Å². The predicted molar refractivity (Wildman–Crippen MR) is 106 cm³/mol. The van der Waals surface area contributed by atoms with Crippen molar-refractivity contribution in [2.24, 2.45) is 0 Å². The van der Waals surface area contributed by atoms with Gasteiger partial charge in [-0.25, -0.2) is 4.79 Å². The predicted octanol–water partition coefficient (Wildman–Crippen LogP) is 2.90. The molecule has 2 heterocycles. The zero-order valence-electron chi connectivity index (χ0n) is 16.3. The van der Waals surface area contributed by atoms with Crippen molar-refractivity contribution in [1.82, 2.24) is 10.3 Å². The number of rotatable bonds is 6. The maximum atomic E-state index is 12.6. The molecule has 28 heavy (non-hydrogen) atoms. The van der Waals surface area contributed by atoms with E-state index in [1.807, 2.05) is 32.0 Å². The van der Waals surface area contributed by atoms with Crippen LogP contribution in [0.5, 0.6) is 0 Å². The number of anilines is 1. The van der Waals surface area contributed by atoms with Crippen LogP contribution >= 0.6 is 0 Å². The molecule has 2 amide bonds. The minimum atomic E-state index is -0.650. The van der Waals surface area contributed by atoms with Gasteiger partial charge >= 0.3 is 6.09 Å². The third-order valence-corrected chi connectivity index (χ3v) is 4.66. The molecule has 1 aromatic heterocycles. The largest absolute Gasteiger partial charge is 0.447 e. The second-order valence-corrected chi connectivity index (χ2v) is 7.06. The van der Waals surface area contributed by atoms with Gasteiger partial charge in [0.25, 0.3) is 5.91 Å². The number of cyclic esters (lactones) is 1. The van der Waals surface area contributed by atoms with E-state index in [9.17, 15) is 14.7 Å². The highest BCUT2D eigenvalue weighted by Crippen LogP contribution is 2.30. The van der Waals surface area contributed by atoms with Crippen LogP contribution in [-0.4, -0.2) is 47.4 Å². The van der Waals surface area contributed by atoms with Crippen molar-refractivity contribution in [3.63, 3.8) is 0 Å². The highest BCUT2D eigenvalue weighted by Gasteiger charge is 2.33. The molecule has 1 saturated heterocycles. The van der Waals surface area contributed by atoms with Gasteiger partial charge in [-0.15, -0.1) is 0 Å². The van der Waals surface area contributed by atoms with Crippen molar-refractivity contribution in [3.05, 3.63) is 47.7 Å². The molecule has 7 nitrogen and oxygen atoms in total. The first-order valence-corrected chi connectivity index (χ1v) is 9.39. The molecule has 0 saturated carbocycles. The summed E-state index contributed by atoms with van der Waals surface area (Å²) >= 11 is 0. The number of aryl methyl sites for hydroxylation is 1. The number of aliphatic hydroxyl groups excluding tert-OH is 1. The van der Waals surface area contributed by atoms with Crippen LogP contribution in [0.15, 0.2) is 36.5 Å². The van der Waals surface area contributed by atoms with Gasteiger partial charge < -0.3 is 15.2 Å². The van der Waals surface area contributed by atoms with E-state index < -0.39 is 12.2 Å². The average Bonchev–Trinajstić information content (AvgIpc) is 3.06. The minimum Gasteiger partial charge on any atom is -0.447 e. The highest BCUT2D eigenvalue weighted by atomic mass is 16.6. The molecular weight excluding hydrogens is 358 g/mol. The summed E-state index contributed by atoms with van der Waals surface area (Å²) in [5.41, 5.74) is 3.46. The van der Waals surface area contributed by atoms with Crippen molar-refractivity contribution in [3.8, 4) is 11.3 Å². The molecule has 0 aliphatic carbocycles. The fraction of sp³-hybridized carbons (Fsp3) is 0.381. The number of carbonyl (C=O) groups is 2. The molecule has 1 aliphatic rings. The SMILES string of the molecule is CCC1COC(=O)N1c1cc(C(=O)NCC(C)O)cc(-c2ccc(C)cn2)c1. The Balaban J connectivity index is 2.04. The van der Waals surface area contributed by atoms with E-state index in [0.29, 0.717) is 23.6 Å². The van der Waals surface area contributed by atoms with E-state index in [4.69, 9.17) is 4.74 Å². The van der Waals surface area contributed by atoms with Crippen molar-refractivity contribution in [1.29, 1.82) is 0 Å². The maximum Gasteiger partial charge on any atom is 0.414 e. The summed E-state index contributed by atoms with van der Waals surface area (Å²) in [4.78, 5) is 30.9. The highest BCUT2D eigenvalue weighted by molar-refractivity contribution is 5.99. The third-order valence-electron chi connectivity index (χ3n) is 4.66. The topological polar surface area (TPSA) is 91.8 Å². The summed E-state index contributed by atoms with van der Waals surface area (Å²) in [5.74, 6) is -0.322. The Morgan fingerprint density at radius 1 is 1.39 bits per heavy atom. The number of nitrogens with zero attached hydrogens (tertiary/aromatic N) is 2. The molecule has 0 radical (unpaired) electrons. The van der Waals surface area contributed by atoms with Crippen molar-refractivity contribution in [2.75, 3.05) is 18.1 Å². The first kappa shape index (κ1) is 19.8. The van der Waals surface area contributed by atoms with Crippen LogP contribution in [0, 0.1) is 6.92 Å². The van der Waals surface area contributed by atoms with Gasteiger partial charge in [0.1, 0.15) is 6.61 Å². The molecule has 1 fully saturated rings. The molecule has 0 spiro atoms. The van der Waals surface area contributed by atoms with E-state index in [1.54, 1.807) is 30.2 Å². The van der Waals surface area contributed by atoms with Gasteiger partial charge in [0, 0.05) is 29.6 Å². The lowest BCUT2D eigenvalue weighted by atomic mass is 10.0. The lowest BCUT2D eigenvalue weighted by Gasteiger charge is -2.22. The first-order chi connectivity index (χ1) is 13.4. The monoisotopic (exact) mass is 383 g/mol.